The lowest BCUT2D eigenvalue weighted by Crippen LogP contribution is -2.07. The van der Waals surface area contributed by atoms with E-state index in [1.165, 1.54) is 30.0 Å². The summed E-state index contributed by atoms with van der Waals surface area (Å²) >= 11 is 1.38. The Morgan fingerprint density at radius 1 is 1.03 bits per heavy atom. The Kier molecular flexibility index (Phi) is 6.07. The van der Waals surface area contributed by atoms with Crippen molar-refractivity contribution >= 4 is 23.4 Å². The number of anilines is 2. The smallest absolute Gasteiger partial charge is 0.324 e. The van der Waals surface area contributed by atoms with Crippen molar-refractivity contribution < 1.29 is 22.0 Å². The van der Waals surface area contributed by atoms with Crippen LogP contribution in [0.2, 0.25) is 0 Å². The van der Waals surface area contributed by atoms with Crippen molar-refractivity contribution in [3.63, 3.8) is 0 Å². The van der Waals surface area contributed by atoms with Gasteiger partial charge >= 0.3 is 6.18 Å². The Hall–Kier alpha value is -2.68. The summed E-state index contributed by atoms with van der Waals surface area (Å²) in [5, 5.41) is 2.66. The normalized spacial score (nSPS) is 11.6. The molecule has 3 nitrogen and oxygen atoms in total. The summed E-state index contributed by atoms with van der Waals surface area (Å²) in [5.74, 6) is -1.26. The second-order valence-electron chi connectivity index (χ2n) is 6.35. The van der Waals surface area contributed by atoms with Crippen molar-refractivity contribution in [3.05, 3.63) is 70.9 Å². The number of hydrogen-bond donors (Lipinski definition) is 1. The van der Waals surface area contributed by atoms with Crippen LogP contribution in [0.25, 0.3) is 11.3 Å². The Morgan fingerprint density at radius 2 is 1.79 bits per heavy atom. The van der Waals surface area contributed by atoms with E-state index in [9.17, 15) is 22.0 Å². The first-order valence-corrected chi connectivity index (χ1v) is 9.83. The van der Waals surface area contributed by atoms with Gasteiger partial charge in [0.25, 0.3) is 0 Å². The number of rotatable bonds is 5. The first-order chi connectivity index (χ1) is 13.7. The fourth-order valence-corrected chi connectivity index (χ4v) is 3.24. The van der Waals surface area contributed by atoms with Crippen molar-refractivity contribution in [1.82, 2.24) is 9.97 Å². The van der Waals surface area contributed by atoms with Gasteiger partial charge < -0.3 is 5.32 Å². The van der Waals surface area contributed by atoms with Crippen LogP contribution in [0.4, 0.5) is 33.6 Å². The van der Waals surface area contributed by atoms with Crippen molar-refractivity contribution in [2.24, 2.45) is 0 Å². The third-order valence-electron chi connectivity index (χ3n) is 4.01. The minimum Gasteiger partial charge on any atom is -0.324 e. The maximum Gasteiger partial charge on any atom is 0.416 e. The zero-order chi connectivity index (χ0) is 21.2. The van der Waals surface area contributed by atoms with Gasteiger partial charge in [-0.2, -0.15) is 24.9 Å². The molecule has 0 radical (unpaired) electrons. The molecule has 0 aliphatic rings. The number of benzene rings is 2. The van der Waals surface area contributed by atoms with Crippen molar-refractivity contribution in [2.75, 3.05) is 11.6 Å². The molecular formula is C20H16F5N3S. The lowest BCUT2D eigenvalue weighted by molar-refractivity contribution is -0.137. The Bertz CT molecular complexity index is 1040. The number of nitrogens with one attached hydrogen (secondary N) is 1. The maximum absolute atomic E-state index is 14.2. The second-order valence-corrected chi connectivity index (χ2v) is 7.21. The van der Waals surface area contributed by atoms with Crippen molar-refractivity contribution in [1.29, 1.82) is 0 Å². The average Bonchev–Trinajstić information content (AvgIpc) is 2.63. The van der Waals surface area contributed by atoms with Gasteiger partial charge in [0.2, 0.25) is 5.95 Å². The van der Waals surface area contributed by atoms with E-state index in [2.05, 4.69) is 15.3 Å². The monoisotopic (exact) mass is 425 g/mol. The number of halogens is 5. The minimum absolute atomic E-state index is 0.0642. The maximum atomic E-state index is 14.2. The third-order valence-corrected chi connectivity index (χ3v) is 4.63. The van der Waals surface area contributed by atoms with E-state index in [0.29, 0.717) is 16.9 Å². The number of thioether (sulfide) groups is 1. The highest BCUT2D eigenvalue weighted by molar-refractivity contribution is 7.97. The molecule has 0 spiro atoms. The number of hydrogen-bond acceptors (Lipinski definition) is 4. The van der Waals surface area contributed by atoms with Gasteiger partial charge in [0.1, 0.15) is 11.5 Å². The SMILES string of the molecule is CSCc1cc(Nc2ncc(F)c(-c3ccc(C)cc3F)n2)cc(C(F)(F)F)c1. The predicted octanol–water partition coefficient (Wildman–Crippen LogP) is 6.36. The molecule has 0 amide bonds. The van der Waals surface area contributed by atoms with Gasteiger partial charge in [-0.1, -0.05) is 6.07 Å². The van der Waals surface area contributed by atoms with E-state index in [1.807, 2.05) is 0 Å². The van der Waals surface area contributed by atoms with E-state index in [-0.39, 0.29) is 22.9 Å². The molecule has 0 aliphatic heterocycles. The zero-order valence-electron chi connectivity index (χ0n) is 15.4. The van der Waals surface area contributed by atoms with Crippen LogP contribution in [-0.2, 0) is 11.9 Å². The lowest BCUT2D eigenvalue weighted by Gasteiger charge is -2.13. The molecule has 3 rings (SSSR count). The van der Waals surface area contributed by atoms with Gasteiger partial charge in [0.05, 0.1) is 11.8 Å². The Balaban J connectivity index is 2.00. The highest BCUT2D eigenvalue weighted by atomic mass is 32.2. The summed E-state index contributed by atoms with van der Waals surface area (Å²) in [6, 6.07) is 7.76. The molecule has 152 valence electrons. The summed E-state index contributed by atoms with van der Waals surface area (Å²) in [6.45, 7) is 1.69. The molecule has 0 aliphatic carbocycles. The fourth-order valence-electron chi connectivity index (χ4n) is 2.74. The van der Waals surface area contributed by atoms with Crippen LogP contribution in [0.1, 0.15) is 16.7 Å². The molecule has 0 saturated carbocycles. The molecule has 0 saturated heterocycles. The summed E-state index contributed by atoms with van der Waals surface area (Å²) in [7, 11) is 0. The van der Waals surface area contributed by atoms with Crippen LogP contribution in [0.3, 0.4) is 0 Å². The number of nitrogens with zero attached hydrogens (tertiary/aromatic N) is 2. The van der Waals surface area contributed by atoms with Crippen LogP contribution in [0.15, 0.2) is 42.6 Å². The molecule has 3 aromatic rings. The van der Waals surface area contributed by atoms with E-state index in [1.54, 1.807) is 19.2 Å². The molecule has 0 fully saturated rings. The molecule has 0 unspecified atom stereocenters. The topological polar surface area (TPSA) is 37.8 Å². The largest absolute Gasteiger partial charge is 0.416 e. The molecule has 0 atom stereocenters. The van der Waals surface area contributed by atoms with Gasteiger partial charge in [-0.15, -0.1) is 0 Å². The second kappa shape index (κ2) is 8.36. The average molecular weight is 425 g/mol. The lowest BCUT2D eigenvalue weighted by atomic mass is 10.1. The van der Waals surface area contributed by atoms with E-state index >= 15 is 0 Å². The first kappa shape index (κ1) is 21.0. The summed E-state index contributed by atoms with van der Waals surface area (Å²) in [6.07, 6.45) is -1.90. The highest BCUT2D eigenvalue weighted by Crippen LogP contribution is 2.33. The highest BCUT2D eigenvalue weighted by Gasteiger charge is 2.31. The fraction of sp³-hybridized carbons (Fsp3) is 0.200. The molecule has 1 heterocycles. The van der Waals surface area contributed by atoms with Crippen LogP contribution in [-0.4, -0.2) is 16.2 Å². The molecule has 2 aromatic carbocycles. The number of alkyl halides is 3. The van der Waals surface area contributed by atoms with E-state index < -0.39 is 23.4 Å². The van der Waals surface area contributed by atoms with E-state index in [0.717, 1.165) is 18.3 Å². The van der Waals surface area contributed by atoms with Crippen molar-refractivity contribution in [2.45, 2.75) is 18.9 Å². The standard InChI is InChI=1S/C20H16F5N3S/c1-11-3-4-15(16(21)5-11)18-17(22)9-26-19(28-18)27-14-7-12(10-29-2)6-13(8-14)20(23,24)25/h3-9H,10H2,1-2H3,(H,26,27,28). The Labute approximate surface area is 168 Å². The molecule has 1 N–H and O–H groups in total. The van der Waals surface area contributed by atoms with Gasteiger partial charge in [0, 0.05) is 17.0 Å². The molecule has 1 aromatic heterocycles. The summed E-state index contributed by atoms with van der Waals surface area (Å²) < 4.78 is 68.0. The van der Waals surface area contributed by atoms with Crippen molar-refractivity contribution in [3.8, 4) is 11.3 Å². The summed E-state index contributed by atoms with van der Waals surface area (Å²) in [4.78, 5) is 7.74. The van der Waals surface area contributed by atoms with E-state index in [4.69, 9.17) is 0 Å². The quantitative estimate of drug-likeness (QED) is 0.483. The molecular weight excluding hydrogens is 409 g/mol. The van der Waals surface area contributed by atoms with Crippen LogP contribution < -0.4 is 5.32 Å². The number of aromatic nitrogens is 2. The molecule has 29 heavy (non-hydrogen) atoms. The van der Waals surface area contributed by atoms with Gasteiger partial charge in [-0.25, -0.2) is 18.7 Å². The van der Waals surface area contributed by atoms with Gasteiger partial charge in [-0.3, -0.25) is 0 Å². The number of aryl methyl sites for hydroxylation is 1. The molecule has 9 heteroatoms. The van der Waals surface area contributed by atoms with Gasteiger partial charge in [-0.05, 0) is 54.6 Å². The first-order valence-electron chi connectivity index (χ1n) is 8.43. The summed E-state index contributed by atoms with van der Waals surface area (Å²) in [5.41, 5.74) is 0.0531. The zero-order valence-corrected chi connectivity index (χ0v) is 16.3. The third kappa shape index (κ3) is 5.03. The minimum atomic E-state index is -4.52. The van der Waals surface area contributed by atoms with Crippen LogP contribution >= 0.6 is 11.8 Å². The van der Waals surface area contributed by atoms with Crippen LogP contribution in [0.5, 0.6) is 0 Å². The molecule has 0 bridgehead atoms. The van der Waals surface area contributed by atoms with Gasteiger partial charge in [0.15, 0.2) is 5.82 Å². The predicted molar refractivity (Wildman–Crippen MR) is 104 cm³/mol. The van der Waals surface area contributed by atoms with Crippen LogP contribution in [0, 0.1) is 18.6 Å². The Morgan fingerprint density at radius 3 is 2.45 bits per heavy atom.